The summed E-state index contributed by atoms with van der Waals surface area (Å²) in [4.78, 5) is 12.7. The van der Waals surface area contributed by atoms with Gasteiger partial charge < -0.3 is 10.6 Å². The third kappa shape index (κ3) is 2.83. The van der Waals surface area contributed by atoms with Gasteiger partial charge >= 0.3 is 0 Å². The Labute approximate surface area is 111 Å². The summed E-state index contributed by atoms with van der Waals surface area (Å²) >= 11 is 0. The van der Waals surface area contributed by atoms with Crippen LogP contribution in [-0.2, 0) is 0 Å². The van der Waals surface area contributed by atoms with Crippen molar-refractivity contribution >= 4 is 11.4 Å². The molecule has 1 aromatic carbocycles. The second-order valence-electron chi connectivity index (χ2n) is 4.76. The Hall–Kier alpha value is -2.13. The van der Waals surface area contributed by atoms with E-state index in [9.17, 15) is 10.1 Å². The Morgan fingerprint density at radius 2 is 2.37 bits per heavy atom. The Bertz CT molecular complexity index is 524. The summed E-state index contributed by atoms with van der Waals surface area (Å²) in [6.07, 6.45) is 2.02. The van der Waals surface area contributed by atoms with E-state index in [0.29, 0.717) is 30.3 Å². The average molecular weight is 260 g/mol. The van der Waals surface area contributed by atoms with Gasteiger partial charge in [0.25, 0.3) is 5.69 Å². The fourth-order valence-corrected chi connectivity index (χ4v) is 2.48. The average Bonchev–Trinajstić information content (AvgIpc) is 2.46. The lowest BCUT2D eigenvalue weighted by Gasteiger charge is -2.33. The van der Waals surface area contributed by atoms with E-state index in [0.717, 1.165) is 19.4 Å². The lowest BCUT2D eigenvalue weighted by Crippen LogP contribution is -2.38. The van der Waals surface area contributed by atoms with Crippen molar-refractivity contribution in [3.8, 4) is 6.07 Å². The predicted octanol–water partition coefficient (Wildman–Crippen LogP) is 1.64. The first-order valence-electron chi connectivity index (χ1n) is 6.29. The molecule has 1 heterocycles. The molecule has 1 saturated heterocycles. The highest BCUT2D eigenvalue weighted by molar-refractivity contribution is 5.66. The topological polar surface area (TPSA) is 96.2 Å². The molecule has 0 aromatic heterocycles. The lowest BCUT2D eigenvalue weighted by atomic mass is 9.97. The summed E-state index contributed by atoms with van der Waals surface area (Å²) in [5.74, 6) is 0.360. The number of nitriles is 1. The molecule has 6 nitrogen and oxygen atoms in total. The second kappa shape index (κ2) is 5.67. The minimum Gasteiger partial charge on any atom is -0.366 e. The molecule has 2 rings (SSSR count). The Balaban J connectivity index is 2.36. The summed E-state index contributed by atoms with van der Waals surface area (Å²) in [5, 5.41) is 20.0. The van der Waals surface area contributed by atoms with Gasteiger partial charge in [-0.05, 0) is 37.4 Å². The van der Waals surface area contributed by atoms with E-state index in [1.54, 1.807) is 6.07 Å². The maximum absolute atomic E-state index is 11.1. The van der Waals surface area contributed by atoms with Crippen LogP contribution in [0, 0.1) is 27.4 Å². The first kappa shape index (κ1) is 13.3. The molecule has 0 radical (unpaired) electrons. The van der Waals surface area contributed by atoms with Crippen molar-refractivity contribution in [2.45, 2.75) is 12.8 Å². The monoisotopic (exact) mass is 260 g/mol. The highest BCUT2D eigenvalue weighted by Gasteiger charge is 2.25. The summed E-state index contributed by atoms with van der Waals surface area (Å²) in [6, 6.07) is 6.50. The number of nitro benzene ring substituents is 1. The van der Waals surface area contributed by atoms with Gasteiger partial charge in [-0.15, -0.1) is 0 Å². The van der Waals surface area contributed by atoms with Crippen molar-refractivity contribution in [2.24, 2.45) is 11.7 Å². The third-order valence-corrected chi connectivity index (χ3v) is 3.49. The van der Waals surface area contributed by atoms with Crippen LogP contribution >= 0.6 is 0 Å². The fourth-order valence-electron chi connectivity index (χ4n) is 2.48. The van der Waals surface area contributed by atoms with Gasteiger partial charge in [0.2, 0.25) is 0 Å². The van der Waals surface area contributed by atoms with Gasteiger partial charge in [0.1, 0.15) is 5.69 Å². The van der Waals surface area contributed by atoms with E-state index in [1.807, 2.05) is 11.0 Å². The number of benzene rings is 1. The van der Waals surface area contributed by atoms with Crippen LogP contribution in [0.1, 0.15) is 18.4 Å². The van der Waals surface area contributed by atoms with E-state index in [2.05, 4.69) is 0 Å². The van der Waals surface area contributed by atoms with Crippen LogP contribution in [0.2, 0.25) is 0 Å². The van der Waals surface area contributed by atoms with Crippen molar-refractivity contribution in [1.29, 1.82) is 5.26 Å². The van der Waals surface area contributed by atoms with Gasteiger partial charge in [0.15, 0.2) is 0 Å². The van der Waals surface area contributed by atoms with Crippen LogP contribution in [0.3, 0.4) is 0 Å². The molecular weight excluding hydrogens is 244 g/mol. The molecule has 1 aromatic rings. The maximum atomic E-state index is 11.1. The zero-order chi connectivity index (χ0) is 13.8. The SMILES string of the molecule is N#Cc1ccc([N+](=O)[O-])c(N2CCCC(CN)C2)c1. The quantitative estimate of drug-likeness (QED) is 0.658. The molecule has 1 unspecified atom stereocenters. The molecule has 0 spiro atoms. The minimum absolute atomic E-state index is 0.0525. The van der Waals surface area contributed by atoms with E-state index in [4.69, 9.17) is 11.0 Å². The van der Waals surface area contributed by atoms with Crippen molar-refractivity contribution in [3.63, 3.8) is 0 Å². The van der Waals surface area contributed by atoms with E-state index in [-0.39, 0.29) is 5.69 Å². The molecule has 1 atom stereocenters. The molecular formula is C13H16N4O2. The van der Waals surface area contributed by atoms with Crippen LogP contribution in [0.5, 0.6) is 0 Å². The number of nitrogens with zero attached hydrogens (tertiary/aromatic N) is 3. The largest absolute Gasteiger partial charge is 0.366 e. The zero-order valence-corrected chi connectivity index (χ0v) is 10.6. The molecule has 1 fully saturated rings. The zero-order valence-electron chi connectivity index (χ0n) is 10.6. The highest BCUT2D eigenvalue weighted by Crippen LogP contribution is 2.32. The predicted molar refractivity (Wildman–Crippen MR) is 71.8 cm³/mol. The van der Waals surface area contributed by atoms with Crippen LogP contribution < -0.4 is 10.6 Å². The number of rotatable bonds is 3. The van der Waals surface area contributed by atoms with Crippen molar-refractivity contribution in [2.75, 3.05) is 24.5 Å². The smallest absolute Gasteiger partial charge is 0.292 e. The van der Waals surface area contributed by atoms with Crippen molar-refractivity contribution in [3.05, 3.63) is 33.9 Å². The molecule has 0 saturated carbocycles. The van der Waals surface area contributed by atoms with Gasteiger partial charge in [-0.1, -0.05) is 0 Å². The summed E-state index contributed by atoms with van der Waals surface area (Å²) < 4.78 is 0. The number of hydrogen-bond acceptors (Lipinski definition) is 5. The van der Waals surface area contributed by atoms with Gasteiger partial charge in [0.05, 0.1) is 16.6 Å². The Morgan fingerprint density at radius 3 is 3.00 bits per heavy atom. The normalized spacial score (nSPS) is 18.9. The molecule has 0 aliphatic carbocycles. The molecule has 1 aliphatic rings. The molecule has 1 aliphatic heterocycles. The van der Waals surface area contributed by atoms with Gasteiger partial charge in [0, 0.05) is 19.2 Å². The van der Waals surface area contributed by atoms with Crippen LogP contribution in [0.25, 0.3) is 0 Å². The standard InChI is InChI=1S/C13H16N4O2/c14-7-10-3-4-12(17(18)19)13(6-10)16-5-1-2-11(8-15)9-16/h3-4,6,11H,1-2,5,8-9,15H2. The Kier molecular flexibility index (Phi) is 3.97. The first-order chi connectivity index (χ1) is 9.15. The summed E-state index contributed by atoms with van der Waals surface area (Å²) in [6.45, 7) is 2.07. The molecule has 2 N–H and O–H groups in total. The second-order valence-corrected chi connectivity index (χ2v) is 4.76. The van der Waals surface area contributed by atoms with Gasteiger partial charge in [-0.25, -0.2) is 0 Å². The van der Waals surface area contributed by atoms with Gasteiger partial charge in [-0.3, -0.25) is 10.1 Å². The highest BCUT2D eigenvalue weighted by atomic mass is 16.6. The number of nitro groups is 1. The molecule has 19 heavy (non-hydrogen) atoms. The maximum Gasteiger partial charge on any atom is 0.292 e. The number of nitrogens with two attached hydrogens (primary N) is 1. The molecule has 6 heteroatoms. The first-order valence-corrected chi connectivity index (χ1v) is 6.29. The Morgan fingerprint density at radius 1 is 1.58 bits per heavy atom. The molecule has 0 amide bonds. The van der Waals surface area contributed by atoms with E-state index < -0.39 is 4.92 Å². The van der Waals surface area contributed by atoms with Crippen LogP contribution in [0.15, 0.2) is 18.2 Å². The fraction of sp³-hybridized carbons (Fsp3) is 0.462. The summed E-state index contributed by atoms with van der Waals surface area (Å²) in [5.41, 5.74) is 6.71. The summed E-state index contributed by atoms with van der Waals surface area (Å²) in [7, 11) is 0. The van der Waals surface area contributed by atoms with Crippen molar-refractivity contribution in [1.82, 2.24) is 0 Å². The molecule has 100 valence electrons. The number of piperidine rings is 1. The minimum atomic E-state index is -0.400. The third-order valence-electron chi connectivity index (χ3n) is 3.49. The van der Waals surface area contributed by atoms with E-state index >= 15 is 0 Å². The number of hydrogen-bond donors (Lipinski definition) is 1. The van der Waals surface area contributed by atoms with Crippen molar-refractivity contribution < 1.29 is 4.92 Å². The van der Waals surface area contributed by atoms with Crippen LogP contribution in [0.4, 0.5) is 11.4 Å². The lowest BCUT2D eigenvalue weighted by molar-refractivity contribution is -0.384. The van der Waals surface area contributed by atoms with E-state index in [1.165, 1.54) is 12.1 Å². The van der Waals surface area contributed by atoms with Gasteiger partial charge in [-0.2, -0.15) is 5.26 Å². The van der Waals surface area contributed by atoms with Crippen LogP contribution in [-0.4, -0.2) is 24.6 Å². The number of anilines is 1. The molecule has 0 bridgehead atoms.